The van der Waals surface area contributed by atoms with Crippen LogP contribution in [0.2, 0.25) is 0 Å². The molecule has 1 aromatic carbocycles. The number of carboxylic acid groups (broad SMARTS) is 1. The molecule has 0 aromatic heterocycles. The van der Waals surface area contributed by atoms with Crippen LogP contribution in [0.5, 0.6) is 0 Å². The van der Waals surface area contributed by atoms with Crippen molar-refractivity contribution in [3.8, 4) is 0 Å². The third-order valence-corrected chi connectivity index (χ3v) is 3.09. The molecule has 1 aliphatic rings. The fourth-order valence-corrected chi connectivity index (χ4v) is 2.19. The number of likely N-dealkylation sites (tertiary alicyclic amines) is 1. The molecule has 1 fully saturated rings. The molecule has 17 heavy (non-hydrogen) atoms. The summed E-state index contributed by atoms with van der Waals surface area (Å²) in [5, 5.41) is 9.01. The van der Waals surface area contributed by atoms with Crippen LogP contribution in [-0.2, 0) is 4.79 Å². The molecule has 4 heteroatoms. The maximum atomic E-state index is 11.9. The number of carboxylic acids is 1. The van der Waals surface area contributed by atoms with Crippen LogP contribution in [0.25, 0.3) is 0 Å². The van der Waals surface area contributed by atoms with Gasteiger partial charge < -0.3 is 5.11 Å². The van der Waals surface area contributed by atoms with Crippen molar-refractivity contribution in [1.82, 2.24) is 4.90 Å². The number of rotatable bonds is 4. The monoisotopic (exact) mass is 233 g/mol. The number of carbonyl (C=O) groups excluding carboxylic acids is 1. The lowest BCUT2D eigenvalue weighted by molar-refractivity contribution is -0.141. The zero-order valence-electron chi connectivity index (χ0n) is 9.50. The van der Waals surface area contributed by atoms with Gasteiger partial charge in [-0.1, -0.05) is 30.3 Å². The molecule has 1 aromatic rings. The van der Waals surface area contributed by atoms with E-state index in [9.17, 15) is 9.59 Å². The highest BCUT2D eigenvalue weighted by Crippen LogP contribution is 2.17. The third-order valence-electron chi connectivity index (χ3n) is 3.09. The molecular weight excluding hydrogens is 218 g/mol. The van der Waals surface area contributed by atoms with Gasteiger partial charge in [0.25, 0.3) is 0 Å². The summed E-state index contributed by atoms with van der Waals surface area (Å²) < 4.78 is 0. The SMILES string of the molecule is O=C(CN1CCC[C@@H]1C(=O)O)c1ccccc1. The van der Waals surface area contributed by atoms with Crippen molar-refractivity contribution in [2.24, 2.45) is 0 Å². The smallest absolute Gasteiger partial charge is 0.320 e. The van der Waals surface area contributed by atoms with Gasteiger partial charge in [0.1, 0.15) is 6.04 Å². The van der Waals surface area contributed by atoms with E-state index in [2.05, 4.69) is 0 Å². The Labute approximate surface area is 99.9 Å². The highest BCUT2D eigenvalue weighted by atomic mass is 16.4. The number of hydrogen-bond acceptors (Lipinski definition) is 3. The van der Waals surface area contributed by atoms with E-state index in [4.69, 9.17) is 5.11 Å². The Hall–Kier alpha value is -1.68. The number of ketones is 1. The minimum atomic E-state index is -0.830. The van der Waals surface area contributed by atoms with E-state index in [1.807, 2.05) is 18.2 Å². The summed E-state index contributed by atoms with van der Waals surface area (Å²) in [4.78, 5) is 24.7. The highest BCUT2D eigenvalue weighted by molar-refractivity contribution is 5.97. The van der Waals surface area contributed by atoms with Gasteiger partial charge in [-0.15, -0.1) is 0 Å². The van der Waals surface area contributed by atoms with Crippen molar-refractivity contribution >= 4 is 11.8 Å². The first-order valence-electron chi connectivity index (χ1n) is 5.73. The molecular formula is C13H15NO3. The molecule has 1 heterocycles. The largest absolute Gasteiger partial charge is 0.480 e. The van der Waals surface area contributed by atoms with Crippen molar-refractivity contribution in [3.63, 3.8) is 0 Å². The second-order valence-corrected chi connectivity index (χ2v) is 4.26. The minimum Gasteiger partial charge on any atom is -0.480 e. The van der Waals surface area contributed by atoms with Gasteiger partial charge in [-0.25, -0.2) is 0 Å². The summed E-state index contributed by atoms with van der Waals surface area (Å²) in [6, 6.07) is 8.50. The van der Waals surface area contributed by atoms with Gasteiger partial charge in [0.15, 0.2) is 5.78 Å². The normalized spacial score (nSPS) is 20.4. The van der Waals surface area contributed by atoms with Crippen LogP contribution in [0, 0.1) is 0 Å². The number of benzene rings is 1. The number of aliphatic carboxylic acids is 1. The molecule has 0 saturated carbocycles. The van der Waals surface area contributed by atoms with Gasteiger partial charge in [0, 0.05) is 5.56 Å². The lowest BCUT2D eigenvalue weighted by Crippen LogP contribution is -2.39. The Morgan fingerprint density at radius 1 is 1.29 bits per heavy atom. The number of nitrogens with zero attached hydrogens (tertiary/aromatic N) is 1. The predicted molar refractivity (Wildman–Crippen MR) is 63.0 cm³/mol. The topological polar surface area (TPSA) is 57.6 Å². The first-order valence-corrected chi connectivity index (χ1v) is 5.73. The average molecular weight is 233 g/mol. The zero-order chi connectivity index (χ0) is 12.3. The Bertz CT molecular complexity index is 416. The van der Waals surface area contributed by atoms with E-state index in [0.29, 0.717) is 18.5 Å². The van der Waals surface area contributed by atoms with Gasteiger partial charge >= 0.3 is 5.97 Å². The molecule has 4 nitrogen and oxygen atoms in total. The quantitative estimate of drug-likeness (QED) is 0.799. The van der Waals surface area contributed by atoms with Crippen molar-refractivity contribution in [2.75, 3.05) is 13.1 Å². The van der Waals surface area contributed by atoms with E-state index < -0.39 is 12.0 Å². The summed E-state index contributed by atoms with van der Waals surface area (Å²) in [6.45, 7) is 0.885. The van der Waals surface area contributed by atoms with Crippen LogP contribution < -0.4 is 0 Å². The second-order valence-electron chi connectivity index (χ2n) is 4.26. The number of carbonyl (C=O) groups is 2. The Balaban J connectivity index is 2.02. The first-order chi connectivity index (χ1) is 8.18. The molecule has 0 spiro atoms. The minimum absolute atomic E-state index is 0.0150. The maximum absolute atomic E-state index is 11.9. The Morgan fingerprint density at radius 2 is 2.00 bits per heavy atom. The lowest BCUT2D eigenvalue weighted by Gasteiger charge is -2.19. The van der Waals surface area contributed by atoms with Crippen LogP contribution in [0.15, 0.2) is 30.3 Å². The number of Topliss-reactive ketones (excluding diaryl/α,β-unsaturated/α-hetero) is 1. The van der Waals surface area contributed by atoms with E-state index in [-0.39, 0.29) is 12.3 Å². The zero-order valence-corrected chi connectivity index (χ0v) is 9.50. The predicted octanol–water partition coefficient (Wildman–Crippen LogP) is 1.42. The summed E-state index contributed by atoms with van der Waals surface area (Å²) >= 11 is 0. The summed E-state index contributed by atoms with van der Waals surface area (Å²) in [6.07, 6.45) is 1.48. The molecule has 1 N–H and O–H groups in total. The van der Waals surface area contributed by atoms with Gasteiger partial charge in [0.2, 0.25) is 0 Å². The van der Waals surface area contributed by atoms with Crippen LogP contribution >= 0.6 is 0 Å². The summed E-state index contributed by atoms with van der Waals surface area (Å²) in [5.74, 6) is -0.845. The fourth-order valence-electron chi connectivity index (χ4n) is 2.19. The summed E-state index contributed by atoms with van der Waals surface area (Å²) in [7, 11) is 0. The standard InChI is InChI=1S/C13H15NO3/c15-12(10-5-2-1-3-6-10)9-14-8-4-7-11(14)13(16)17/h1-3,5-6,11H,4,7-9H2,(H,16,17)/t11-/m1/s1. The average Bonchev–Trinajstić information content (AvgIpc) is 2.78. The van der Waals surface area contributed by atoms with Gasteiger partial charge in [-0.2, -0.15) is 0 Å². The van der Waals surface area contributed by atoms with Crippen molar-refractivity contribution in [3.05, 3.63) is 35.9 Å². The molecule has 1 saturated heterocycles. The molecule has 0 radical (unpaired) electrons. The molecule has 1 aliphatic heterocycles. The van der Waals surface area contributed by atoms with E-state index in [1.165, 1.54) is 0 Å². The van der Waals surface area contributed by atoms with E-state index in [1.54, 1.807) is 17.0 Å². The van der Waals surface area contributed by atoms with E-state index in [0.717, 1.165) is 6.42 Å². The lowest BCUT2D eigenvalue weighted by atomic mass is 10.1. The highest BCUT2D eigenvalue weighted by Gasteiger charge is 2.31. The van der Waals surface area contributed by atoms with Gasteiger partial charge in [-0.05, 0) is 19.4 Å². The Kier molecular flexibility index (Phi) is 3.54. The summed E-state index contributed by atoms with van der Waals surface area (Å²) in [5.41, 5.74) is 0.642. The van der Waals surface area contributed by atoms with Crippen LogP contribution in [0.3, 0.4) is 0 Å². The van der Waals surface area contributed by atoms with Crippen molar-refractivity contribution in [2.45, 2.75) is 18.9 Å². The van der Waals surface area contributed by atoms with E-state index >= 15 is 0 Å². The molecule has 1 atom stereocenters. The fraction of sp³-hybridized carbons (Fsp3) is 0.385. The van der Waals surface area contributed by atoms with Crippen LogP contribution in [0.4, 0.5) is 0 Å². The Morgan fingerprint density at radius 3 is 2.65 bits per heavy atom. The van der Waals surface area contributed by atoms with Crippen molar-refractivity contribution < 1.29 is 14.7 Å². The van der Waals surface area contributed by atoms with Crippen LogP contribution in [-0.4, -0.2) is 40.9 Å². The van der Waals surface area contributed by atoms with Gasteiger partial charge in [0.05, 0.1) is 6.54 Å². The maximum Gasteiger partial charge on any atom is 0.320 e. The molecule has 0 bridgehead atoms. The van der Waals surface area contributed by atoms with Crippen molar-refractivity contribution in [1.29, 1.82) is 0 Å². The molecule has 0 aliphatic carbocycles. The third kappa shape index (κ3) is 2.71. The van der Waals surface area contributed by atoms with Crippen LogP contribution in [0.1, 0.15) is 23.2 Å². The first kappa shape index (κ1) is 11.8. The van der Waals surface area contributed by atoms with Gasteiger partial charge in [-0.3, -0.25) is 14.5 Å². The molecule has 90 valence electrons. The molecule has 0 amide bonds. The number of hydrogen-bond donors (Lipinski definition) is 1. The second kappa shape index (κ2) is 5.10. The molecule has 0 unspecified atom stereocenters. The molecule has 2 rings (SSSR count).